The molecule has 2 amide bonds. The molecule has 1 unspecified atom stereocenters. The Morgan fingerprint density at radius 2 is 1.46 bits per heavy atom. The number of hydrogen-bond acceptors (Lipinski definition) is 5. The van der Waals surface area contributed by atoms with Crippen LogP contribution in [0.25, 0.3) is 0 Å². The molecular weight excluding hydrogens is 622 g/mol. The Kier molecular flexibility index (Phi) is 11.1. The van der Waals surface area contributed by atoms with E-state index in [9.17, 15) is 18.0 Å². The van der Waals surface area contributed by atoms with Gasteiger partial charge in [0.15, 0.2) is 0 Å². The van der Waals surface area contributed by atoms with E-state index in [0.717, 1.165) is 21.0 Å². The van der Waals surface area contributed by atoms with Gasteiger partial charge >= 0.3 is 0 Å². The van der Waals surface area contributed by atoms with Crippen LogP contribution < -0.4 is 14.4 Å². The average molecular weight is 662 g/mol. The van der Waals surface area contributed by atoms with Crippen LogP contribution in [-0.4, -0.2) is 50.4 Å². The largest absolute Gasteiger partial charge is 0.497 e. The van der Waals surface area contributed by atoms with Gasteiger partial charge < -0.3 is 15.0 Å². The highest BCUT2D eigenvalue weighted by Crippen LogP contribution is 2.27. The summed E-state index contributed by atoms with van der Waals surface area (Å²) < 4.78 is 34.6. The smallest absolute Gasteiger partial charge is 0.264 e. The van der Waals surface area contributed by atoms with E-state index in [1.165, 1.54) is 24.1 Å². The fraction of sp³-hybridized carbons (Fsp3) is 0.278. The summed E-state index contributed by atoms with van der Waals surface area (Å²) in [5.41, 5.74) is 2.39. The summed E-state index contributed by atoms with van der Waals surface area (Å²) in [7, 11) is -2.75. The molecule has 0 radical (unpaired) electrons. The quantitative estimate of drug-likeness (QED) is 0.189. The van der Waals surface area contributed by atoms with Gasteiger partial charge in [0.1, 0.15) is 18.3 Å². The van der Waals surface area contributed by atoms with Crippen molar-refractivity contribution in [1.82, 2.24) is 10.2 Å². The normalized spacial score (nSPS) is 12.2. The number of nitrogens with one attached hydrogen (secondary N) is 1. The third kappa shape index (κ3) is 9.11. The lowest BCUT2D eigenvalue weighted by Crippen LogP contribution is -2.56. The second kappa shape index (κ2) is 14.8. The molecule has 0 aliphatic carbocycles. The van der Waals surface area contributed by atoms with Crippen molar-refractivity contribution in [2.45, 2.75) is 57.1 Å². The number of sulfonamides is 1. The van der Waals surface area contributed by atoms with Crippen LogP contribution in [0.15, 0.2) is 108 Å². The van der Waals surface area contributed by atoms with Gasteiger partial charge in [-0.2, -0.15) is 0 Å². The summed E-state index contributed by atoms with van der Waals surface area (Å²) in [5, 5.41) is 3.45. The highest BCUT2D eigenvalue weighted by Gasteiger charge is 2.35. The SMILES string of the molecule is COc1ccc(S(=O)(=O)N(CC(=O)N(Cc2ccc(C)cc2)C(Cc2ccccc2)C(=O)NC(C)(C)C)c2ccc(Cl)cc2)cc1. The van der Waals surface area contributed by atoms with Gasteiger partial charge in [-0.3, -0.25) is 13.9 Å². The van der Waals surface area contributed by atoms with Gasteiger partial charge in [0, 0.05) is 23.5 Å². The molecule has 1 atom stereocenters. The zero-order valence-electron chi connectivity index (χ0n) is 26.7. The van der Waals surface area contributed by atoms with E-state index in [2.05, 4.69) is 5.32 Å². The molecule has 10 heteroatoms. The first-order valence-electron chi connectivity index (χ1n) is 14.9. The standard InChI is InChI=1S/C36H40ClN3O5S/c1-26-11-13-28(14-12-26)24-39(33(35(42)38-36(2,3)4)23-27-9-7-6-8-10-27)34(41)25-40(30-17-15-29(37)16-18-30)46(43,44)32-21-19-31(45-5)20-22-32/h6-22,33H,23-25H2,1-5H3,(H,38,42). The summed E-state index contributed by atoms with van der Waals surface area (Å²) >= 11 is 6.14. The van der Waals surface area contributed by atoms with E-state index < -0.39 is 34.1 Å². The number of benzene rings is 4. The van der Waals surface area contributed by atoms with Crippen molar-refractivity contribution in [2.24, 2.45) is 0 Å². The molecule has 0 aromatic heterocycles. The number of carbonyl (C=O) groups excluding carboxylic acids is 2. The summed E-state index contributed by atoms with van der Waals surface area (Å²) in [6, 6.07) is 28.4. The minimum Gasteiger partial charge on any atom is -0.497 e. The molecule has 0 heterocycles. The maximum Gasteiger partial charge on any atom is 0.264 e. The van der Waals surface area contributed by atoms with Crippen LogP contribution >= 0.6 is 11.6 Å². The average Bonchev–Trinajstić information content (AvgIpc) is 3.02. The summed E-state index contributed by atoms with van der Waals surface area (Å²) in [4.78, 5) is 30.0. The molecule has 0 saturated heterocycles. The minimum atomic E-state index is -4.25. The van der Waals surface area contributed by atoms with Crippen LogP contribution in [0.5, 0.6) is 5.75 Å². The van der Waals surface area contributed by atoms with Crippen molar-refractivity contribution >= 4 is 39.1 Å². The second-order valence-electron chi connectivity index (χ2n) is 12.1. The molecule has 0 fully saturated rings. The molecule has 4 aromatic rings. The lowest BCUT2D eigenvalue weighted by Gasteiger charge is -2.35. The van der Waals surface area contributed by atoms with Gasteiger partial charge in [-0.05, 0) is 87.4 Å². The fourth-order valence-corrected chi connectivity index (χ4v) is 6.45. The van der Waals surface area contributed by atoms with Crippen molar-refractivity contribution < 1.29 is 22.7 Å². The van der Waals surface area contributed by atoms with Gasteiger partial charge in [0.05, 0.1) is 17.7 Å². The van der Waals surface area contributed by atoms with Crippen LogP contribution in [0.3, 0.4) is 0 Å². The number of anilines is 1. The summed E-state index contributed by atoms with van der Waals surface area (Å²) in [6.45, 7) is 7.12. The van der Waals surface area contributed by atoms with Crippen LogP contribution in [0.2, 0.25) is 5.02 Å². The number of ether oxygens (including phenoxy) is 1. The highest BCUT2D eigenvalue weighted by atomic mass is 35.5. The minimum absolute atomic E-state index is 0.0209. The van der Waals surface area contributed by atoms with Crippen molar-refractivity contribution in [2.75, 3.05) is 18.0 Å². The number of carbonyl (C=O) groups is 2. The number of amides is 2. The van der Waals surface area contributed by atoms with Crippen LogP contribution in [0.4, 0.5) is 5.69 Å². The first-order chi connectivity index (χ1) is 21.8. The molecule has 0 spiro atoms. The predicted octanol–water partition coefficient (Wildman–Crippen LogP) is 6.41. The Morgan fingerprint density at radius 1 is 0.848 bits per heavy atom. The molecule has 4 rings (SSSR count). The fourth-order valence-electron chi connectivity index (χ4n) is 4.91. The monoisotopic (exact) mass is 661 g/mol. The lowest BCUT2D eigenvalue weighted by molar-refractivity contribution is -0.140. The number of hydrogen-bond donors (Lipinski definition) is 1. The van der Waals surface area contributed by atoms with Crippen molar-refractivity contribution in [3.63, 3.8) is 0 Å². The van der Waals surface area contributed by atoms with Gasteiger partial charge in [0.2, 0.25) is 11.8 Å². The zero-order chi connectivity index (χ0) is 33.5. The van der Waals surface area contributed by atoms with Gasteiger partial charge in [-0.25, -0.2) is 8.42 Å². The molecule has 0 bridgehead atoms. The van der Waals surface area contributed by atoms with E-state index >= 15 is 0 Å². The molecule has 0 aliphatic heterocycles. The Labute approximate surface area is 277 Å². The van der Waals surface area contributed by atoms with Gasteiger partial charge in [0.25, 0.3) is 10.0 Å². The van der Waals surface area contributed by atoms with Crippen molar-refractivity contribution in [1.29, 1.82) is 0 Å². The van der Waals surface area contributed by atoms with E-state index in [1.807, 2.05) is 82.3 Å². The van der Waals surface area contributed by atoms with E-state index in [0.29, 0.717) is 10.8 Å². The number of aryl methyl sites for hydroxylation is 1. The molecule has 8 nitrogen and oxygen atoms in total. The third-order valence-electron chi connectivity index (χ3n) is 7.28. The molecule has 4 aromatic carbocycles. The molecule has 0 saturated carbocycles. The number of rotatable bonds is 12. The third-order valence-corrected chi connectivity index (χ3v) is 9.32. The number of methoxy groups -OCH3 is 1. The van der Waals surface area contributed by atoms with Crippen LogP contribution in [0, 0.1) is 6.92 Å². The highest BCUT2D eigenvalue weighted by molar-refractivity contribution is 7.92. The lowest BCUT2D eigenvalue weighted by atomic mass is 10.0. The number of halogens is 1. The molecule has 0 aliphatic rings. The van der Waals surface area contributed by atoms with Crippen molar-refractivity contribution in [3.05, 3.63) is 125 Å². The van der Waals surface area contributed by atoms with Gasteiger partial charge in [-0.1, -0.05) is 71.8 Å². The molecular formula is C36H40ClN3O5S. The van der Waals surface area contributed by atoms with Crippen LogP contribution in [-0.2, 0) is 32.6 Å². The predicted molar refractivity (Wildman–Crippen MR) is 183 cm³/mol. The summed E-state index contributed by atoms with van der Waals surface area (Å²) in [6.07, 6.45) is 0.229. The Morgan fingerprint density at radius 3 is 2.02 bits per heavy atom. The summed E-state index contributed by atoms with van der Waals surface area (Å²) in [5.74, 6) is -0.392. The van der Waals surface area contributed by atoms with Crippen molar-refractivity contribution in [3.8, 4) is 5.75 Å². The maximum atomic E-state index is 14.5. The van der Waals surface area contributed by atoms with E-state index in [1.54, 1.807) is 36.4 Å². The Bertz CT molecular complexity index is 1720. The topological polar surface area (TPSA) is 96.0 Å². The molecule has 46 heavy (non-hydrogen) atoms. The number of nitrogens with zero attached hydrogens (tertiary/aromatic N) is 2. The Hall–Kier alpha value is -4.34. The van der Waals surface area contributed by atoms with E-state index in [-0.39, 0.29) is 29.5 Å². The first kappa shape index (κ1) is 34.5. The van der Waals surface area contributed by atoms with E-state index in [4.69, 9.17) is 16.3 Å². The van der Waals surface area contributed by atoms with Crippen LogP contribution in [0.1, 0.15) is 37.5 Å². The zero-order valence-corrected chi connectivity index (χ0v) is 28.3. The maximum absolute atomic E-state index is 14.5. The molecule has 1 N–H and O–H groups in total. The molecule has 242 valence electrons. The Balaban J connectivity index is 1.81. The van der Waals surface area contributed by atoms with Gasteiger partial charge in [-0.15, -0.1) is 0 Å². The first-order valence-corrected chi connectivity index (χ1v) is 16.7. The second-order valence-corrected chi connectivity index (χ2v) is 14.4.